The third-order valence-corrected chi connectivity index (χ3v) is 2.04. The van der Waals surface area contributed by atoms with Crippen molar-refractivity contribution in [2.45, 2.75) is 13.1 Å². The smallest absolute Gasteiger partial charge is 0.396 e. The Kier molecular flexibility index (Phi) is 4.35. The van der Waals surface area contributed by atoms with Crippen LogP contribution in [0, 0.1) is 0 Å². The van der Waals surface area contributed by atoms with Crippen molar-refractivity contribution in [3.8, 4) is 0 Å². The fraction of sp³-hybridized carbons (Fsp3) is 0.400. The predicted octanol–water partition coefficient (Wildman–Crippen LogP) is 1.23. The molecule has 0 aliphatic rings. The van der Waals surface area contributed by atoms with Gasteiger partial charge in [-0.1, -0.05) is 0 Å². The highest BCUT2D eigenvalue weighted by Gasteiger charge is 2.32. The van der Waals surface area contributed by atoms with Crippen LogP contribution in [0.15, 0.2) is 12.3 Å². The van der Waals surface area contributed by atoms with Crippen LogP contribution in [0.1, 0.15) is 12.6 Å². The van der Waals surface area contributed by atoms with Gasteiger partial charge >= 0.3 is 6.18 Å². The minimum absolute atomic E-state index is 0.117. The number of alkyl halides is 3. The Balaban J connectivity index is 2.67. The topological polar surface area (TPSA) is 80.0 Å². The van der Waals surface area contributed by atoms with Crippen molar-refractivity contribution in [3.05, 3.63) is 18.0 Å². The van der Waals surface area contributed by atoms with Crippen molar-refractivity contribution in [1.82, 2.24) is 10.3 Å². The first-order chi connectivity index (χ1) is 8.30. The Hall–Kier alpha value is -1.99. The molecular weight excluding hydrogens is 249 g/mol. The van der Waals surface area contributed by atoms with Crippen molar-refractivity contribution < 1.29 is 18.0 Å². The lowest BCUT2D eigenvalue weighted by Gasteiger charge is -2.12. The summed E-state index contributed by atoms with van der Waals surface area (Å²) < 4.78 is 37.2. The summed E-state index contributed by atoms with van der Waals surface area (Å²) in [5.41, 5.74) is 4.74. The zero-order chi connectivity index (χ0) is 13.8. The Morgan fingerprint density at radius 3 is 2.67 bits per heavy atom. The highest BCUT2D eigenvalue weighted by atomic mass is 19.4. The monoisotopic (exact) mass is 262 g/mol. The highest BCUT2D eigenvalue weighted by molar-refractivity contribution is 5.72. The lowest BCUT2D eigenvalue weighted by molar-refractivity contribution is -0.141. The standard InChI is InChI=1S/C10H13F3N4O/c1-6(18)15-2-3-16-8-4-9(10(11,12)13)17-5-7(8)14/h4-5H,2-3,14H2,1H3,(H,15,18)(H,16,17). The van der Waals surface area contributed by atoms with Gasteiger partial charge in [0.2, 0.25) is 5.91 Å². The van der Waals surface area contributed by atoms with Gasteiger partial charge in [0.15, 0.2) is 0 Å². The molecule has 4 N–H and O–H groups in total. The van der Waals surface area contributed by atoms with Gasteiger partial charge in [-0.2, -0.15) is 13.2 Å². The van der Waals surface area contributed by atoms with Crippen LogP contribution in [0.2, 0.25) is 0 Å². The molecule has 0 saturated carbocycles. The van der Waals surface area contributed by atoms with E-state index in [9.17, 15) is 18.0 Å². The van der Waals surface area contributed by atoms with E-state index in [1.54, 1.807) is 0 Å². The van der Waals surface area contributed by atoms with Gasteiger partial charge in [-0.15, -0.1) is 0 Å². The number of nitrogen functional groups attached to an aromatic ring is 1. The summed E-state index contributed by atoms with van der Waals surface area (Å²) in [6, 6.07) is 0.836. The Labute approximate surface area is 102 Å². The molecule has 0 aliphatic carbocycles. The summed E-state index contributed by atoms with van der Waals surface area (Å²) in [6.45, 7) is 1.91. The molecule has 5 nitrogen and oxygen atoms in total. The van der Waals surface area contributed by atoms with Crippen LogP contribution < -0.4 is 16.4 Å². The Morgan fingerprint density at radius 2 is 2.11 bits per heavy atom. The number of nitrogens with one attached hydrogen (secondary N) is 2. The second-order valence-corrected chi connectivity index (χ2v) is 3.56. The quantitative estimate of drug-likeness (QED) is 0.713. The summed E-state index contributed by atoms with van der Waals surface area (Å²) in [4.78, 5) is 13.8. The minimum Gasteiger partial charge on any atom is -0.396 e. The second kappa shape index (κ2) is 5.56. The van der Waals surface area contributed by atoms with Crippen molar-refractivity contribution in [2.24, 2.45) is 0 Å². The van der Waals surface area contributed by atoms with E-state index in [4.69, 9.17) is 5.73 Å². The number of rotatable bonds is 4. The van der Waals surface area contributed by atoms with E-state index in [2.05, 4.69) is 15.6 Å². The number of anilines is 2. The molecule has 0 unspecified atom stereocenters. The molecule has 0 spiro atoms. The van der Waals surface area contributed by atoms with Crippen LogP contribution in [0.3, 0.4) is 0 Å². The Bertz CT molecular complexity index is 434. The third kappa shape index (κ3) is 4.11. The predicted molar refractivity (Wildman–Crippen MR) is 60.8 cm³/mol. The van der Waals surface area contributed by atoms with Gasteiger partial charge in [0.1, 0.15) is 5.69 Å². The first kappa shape index (κ1) is 14.1. The average molecular weight is 262 g/mol. The number of halogens is 3. The molecule has 0 bridgehead atoms. The molecule has 0 atom stereocenters. The van der Waals surface area contributed by atoms with Gasteiger partial charge in [-0.05, 0) is 6.07 Å². The number of hydrogen-bond acceptors (Lipinski definition) is 4. The molecule has 0 aromatic carbocycles. The number of aromatic nitrogens is 1. The summed E-state index contributed by atoms with van der Waals surface area (Å²) >= 11 is 0. The van der Waals surface area contributed by atoms with Gasteiger partial charge in [0.05, 0.1) is 17.6 Å². The van der Waals surface area contributed by atoms with Crippen LogP contribution >= 0.6 is 0 Å². The molecule has 1 aromatic heterocycles. The fourth-order valence-electron chi connectivity index (χ4n) is 1.21. The van der Waals surface area contributed by atoms with Crippen molar-refractivity contribution >= 4 is 17.3 Å². The molecule has 100 valence electrons. The van der Waals surface area contributed by atoms with Crippen LogP contribution in [-0.2, 0) is 11.0 Å². The number of hydrogen-bond donors (Lipinski definition) is 3. The summed E-state index contributed by atoms with van der Waals surface area (Å²) in [6.07, 6.45) is -3.56. The first-order valence-electron chi connectivity index (χ1n) is 5.11. The maximum absolute atomic E-state index is 12.4. The van der Waals surface area contributed by atoms with E-state index in [-0.39, 0.29) is 23.8 Å². The molecule has 1 rings (SSSR count). The first-order valence-corrected chi connectivity index (χ1v) is 5.11. The number of carbonyl (C=O) groups is 1. The fourth-order valence-corrected chi connectivity index (χ4v) is 1.21. The number of pyridine rings is 1. The van der Waals surface area contributed by atoms with Crippen LogP contribution in [-0.4, -0.2) is 24.0 Å². The van der Waals surface area contributed by atoms with Gasteiger partial charge in [0, 0.05) is 20.0 Å². The molecule has 1 amide bonds. The number of nitrogens with two attached hydrogens (primary N) is 1. The summed E-state index contributed by atoms with van der Waals surface area (Å²) in [5, 5.41) is 5.20. The normalized spacial score (nSPS) is 11.1. The van der Waals surface area contributed by atoms with E-state index in [1.165, 1.54) is 6.92 Å². The average Bonchev–Trinajstić information content (AvgIpc) is 2.24. The van der Waals surface area contributed by atoms with E-state index < -0.39 is 11.9 Å². The molecule has 8 heteroatoms. The van der Waals surface area contributed by atoms with Crippen LogP contribution in [0.5, 0.6) is 0 Å². The zero-order valence-corrected chi connectivity index (χ0v) is 9.64. The van der Waals surface area contributed by atoms with Crippen molar-refractivity contribution in [3.63, 3.8) is 0 Å². The van der Waals surface area contributed by atoms with Gasteiger partial charge in [0.25, 0.3) is 0 Å². The van der Waals surface area contributed by atoms with Crippen LogP contribution in [0.4, 0.5) is 24.5 Å². The molecule has 0 radical (unpaired) electrons. The van der Waals surface area contributed by atoms with E-state index in [0.29, 0.717) is 6.54 Å². The van der Waals surface area contributed by atoms with E-state index >= 15 is 0 Å². The van der Waals surface area contributed by atoms with Crippen molar-refractivity contribution in [2.75, 3.05) is 24.1 Å². The van der Waals surface area contributed by atoms with Crippen LogP contribution in [0.25, 0.3) is 0 Å². The van der Waals surface area contributed by atoms with Gasteiger partial charge in [-0.3, -0.25) is 4.79 Å². The summed E-state index contributed by atoms with van der Waals surface area (Å²) in [5.74, 6) is -0.213. The third-order valence-electron chi connectivity index (χ3n) is 2.04. The summed E-state index contributed by atoms with van der Waals surface area (Å²) in [7, 11) is 0. The second-order valence-electron chi connectivity index (χ2n) is 3.56. The lowest BCUT2D eigenvalue weighted by atomic mass is 10.2. The van der Waals surface area contributed by atoms with E-state index in [1.807, 2.05) is 0 Å². The maximum Gasteiger partial charge on any atom is 0.433 e. The van der Waals surface area contributed by atoms with Gasteiger partial charge < -0.3 is 16.4 Å². The molecule has 1 aromatic rings. The maximum atomic E-state index is 12.4. The largest absolute Gasteiger partial charge is 0.433 e. The molecular formula is C10H13F3N4O. The lowest BCUT2D eigenvalue weighted by Crippen LogP contribution is -2.26. The molecule has 0 fully saturated rings. The number of amides is 1. The zero-order valence-electron chi connectivity index (χ0n) is 9.64. The van der Waals surface area contributed by atoms with Crippen molar-refractivity contribution in [1.29, 1.82) is 0 Å². The Morgan fingerprint density at radius 1 is 1.44 bits per heavy atom. The van der Waals surface area contributed by atoms with Gasteiger partial charge in [-0.25, -0.2) is 4.98 Å². The molecule has 18 heavy (non-hydrogen) atoms. The van der Waals surface area contributed by atoms with E-state index in [0.717, 1.165) is 12.3 Å². The molecule has 1 heterocycles. The molecule has 0 saturated heterocycles. The minimum atomic E-state index is -4.51. The highest BCUT2D eigenvalue weighted by Crippen LogP contribution is 2.30. The number of nitrogens with zero attached hydrogens (tertiary/aromatic N) is 1. The SMILES string of the molecule is CC(=O)NCCNc1cc(C(F)(F)F)ncc1N. The molecule has 0 aliphatic heterocycles. The number of carbonyl (C=O) groups excluding carboxylic acids is 1.